The molecule has 0 N–H and O–H groups in total. The second-order valence-electron chi connectivity index (χ2n) is 9.29. The molecule has 0 saturated heterocycles. The third-order valence-corrected chi connectivity index (χ3v) is 9.15. The summed E-state index contributed by atoms with van der Waals surface area (Å²) in [6.07, 6.45) is 1.06. The van der Waals surface area contributed by atoms with E-state index in [4.69, 9.17) is 0 Å². The molecule has 0 aromatic heterocycles. The molecular formula is C24H30Cl2Si2Zr. The van der Waals surface area contributed by atoms with Crippen LogP contribution in [0, 0.1) is 6.07 Å². The standard InChI is InChI=1S/C19H25Si2.C5H5.2ClH.Zr/c1-20(2,3)16-9-7-14-11-15-8-10-17(21(4,5)6)13-19(15)18(14)12-16;1-2-4-5-3-1;;;/h7,9-10,12-13H,11H2,1-6H3;1-5H;2*1H;/q2*-1;;;+4/p-2. The normalized spacial score (nSPS) is 11.5. The van der Waals surface area contributed by atoms with Gasteiger partial charge >= 0.3 is 26.2 Å². The van der Waals surface area contributed by atoms with Crippen molar-refractivity contribution in [3.8, 4) is 11.1 Å². The molecule has 0 aliphatic heterocycles. The molecule has 0 spiro atoms. The molecule has 0 unspecified atom stereocenters. The molecule has 1 aliphatic rings. The minimum Gasteiger partial charge on any atom is -1.00 e. The van der Waals surface area contributed by atoms with Crippen LogP contribution in [-0.2, 0) is 32.6 Å². The summed E-state index contributed by atoms with van der Waals surface area (Å²) in [6, 6.07) is 25.5. The summed E-state index contributed by atoms with van der Waals surface area (Å²) in [5, 5.41) is 3.08. The summed E-state index contributed by atoms with van der Waals surface area (Å²) < 4.78 is 0. The van der Waals surface area contributed by atoms with Crippen LogP contribution < -0.4 is 35.2 Å². The van der Waals surface area contributed by atoms with Crippen molar-refractivity contribution in [3.05, 3.63) is 77.9 Å². The number of rotatable bonds is 2. The zero-order valence-corrected chi connectivity index (χ0v) is 24.2. The molecule has 152 valence electrons. The van der Waals surface area contributed by atoms with E-state index in [0.29, 0.717) is 0 Å². The number of fused-ring (bicyclic) bond motifs is 3. The molecule has 0 heterocycles. The van der Waals surface area contributed by atoms with E-state index in [0.717, 1.165) is 6.42 Å². The molecule has 0 radical (unpaired) electrons. The zero-order valence-electron chi connectivity index (χ0n) is 18.2. The van der Waals surface area contributed by atoms with Gasteiger partial charge in [0.2, 0.25) is 0 Å². The van der Waals surface area contributed by atoms with Gasteiger partial charge in [0.05, 0.1) is 8.07 Å². The molecule has 0 atom stereocenters. The molecule has 1 aliphatic carbocycles. The molecule has 3 aromatic rings. The maximum absolute atomic E-state index is 3.58. The average molecular weight is 537 g/mol. The zero-order chi connectivity index (χ0) is 18.9. The van der Waals surface area contributed by atoms with Gasteiger partial charge in [-0.25, -0.2) is 12.1 Å². The second-order valence-corrected chi connectivity index (χ2v) is 19.4. The summed E-state index contributed by atoms with van der Waals surface area (Å²) in [7, 11) is -2.52. The molecule has 4 rings (SSSR count). The Hall–Kier alpha value is -0.313. The van der Waals surface area contributed by atoms with Gasteiger partial charge < -0.3 is 24.8 Å². The summed E-state index contributed by atoms with van der Waals surface area (Å²) in [4.78, 5) is 0. The molecule has 0 fully saturated rings. The van der Waals surface area contributed by atoms with Crippen LogP contribution in [0.25, 0.3) is 11.1 Å². The smallest absolute Gasteiger partial charge is 1.00 e. The Morgan fingerprint density at radius 1 is 0.793 bits per heavy atom. The van der Waals surface area contributed by atoms with Crippen LogP contribution in [0.1, 0.15) is 11.1 Å². The second kappa shape index (κ2) is 11.3. The van der Waals surface area contributed by atoms with E-state index in [-0.39, 0.29) is 51.0 Å². The molecule has 29 heavy (non-hydrogen) atoms. The fourth-order valence-electron chi connectivity index (χ4n) is 3.31. The number of halogens is 2. The van der Waals surface area contributed by atoms with Crippen LogP contribution >= 0.6 is 0 Å². The molecule has 5 heteroatoms. The van der Waals surface area contributed by atoms with Gasteiger partial charge in [0.15, 0.2) is 0 Å². The Kier molecular flexibility index (Phi) is 11.2. The maximum Gasteiger partial charge on any atom is 4.00 e. The first kappa shape index (κ1) is 28.7. The van der Waals surface area contributed by atoms with Gasteiger partial charge in [-0.3, -0.25) is 0 Å². The fourth-order valence-corrected chi connectivity index (χ4v) is 5.55. The maximum atomic E-state index is 3.58. The Bertz CT molecular complexity index is 814. The Balaban J connectivity index is 0.000000863. The van der Waals surface area contributed by atoms with Crippen LogP contribution in [0.15, 0.2) is 60.7 Å². The van der Waals surface area contributed by atoms with Crippen molar-refractivity contribution >= 4 is 26.5 Å². The average Bonchev–Trinajstić information content (AvgIpc) is 3.23. The van der Waals surface area contributed by atoms with Gasteiger partial charge in [0, 0.05) is 8.07 Å². The monoisotopic (exact) mass is 534 g/mol. The van der Waals surface area contributed by atoms with Crippen molar-refractivity contribution in [2.24, 2.45) is 0 Å². The first-order valence-corrected chi connectivity index (χ1v) is 16.5. The molecule has 0 bridgehead atoms. The molecule has 0 saturated carbocycles. The molecular weight excluding hydrogens is 507 g/mol. The topological polar surface area (TPSA) is 0 Å². The van der Waals surface area contributed by atoms with Crippen molar-refractivity contribution in [1.82, 2.24) is 0 Å². The number of hydrogen-bond donors (Lipinski definition) is 0. The third-order valence-electron chi connectivity index (χ3n) is 5.08. The van der Waals surface area contributed by atoms with E-state index in [1.54, 1.807) is 5.19 Å². The van der Waals surface area contributed by atoms with E-state index < -0.39 is 16.1 Å². The minimum absolute atomic E-state index is 0. The fraction of sp³-hybridized carbons (Fsp3) is 0.292. The Morgan fingerprint density at radius 3 is 1.83 bits per heavy atom. The van der Waals surface area contributed by atoms with E-state index in [9.17, 15) is 0 Å². The van der Waals surface area contributed by atoms with Crippen LogP contribution in [0.4, 0.5) is 0 Å². The number of benzene rings is 2. The third kappa shape index (κ3) is 7.11. The Labute approximate surface area is 210 Å². The van der Waals surface area contributed by atoms with Crippen molar-refractivity contribution in [2.45, 2.75) is 45.7 Å². The summed E-state index contributed by atoms with van der Waals surface area (Å²) in [5.41, 5.74) is 5.79. The van der Waals surface area contributed by atoms with Crippen LogP contribution in [0.3, 0.4) is 0 Å². The van der Waals surface area contributed by atoms with Gasteiger partial charge in [0.1, 0.15) is 0 Å². The van der Waals surface area contributed by atoms with Crippen LogP contribution in [0.5, 0.6) is 0 Å². The SMILES string of the molecule is C[Si](C)(C)c1c[c-]c2c(c1)-c1cc([Si](C)(C)C)ccc1C2.[Cl-].[Cl-].[Zr+4].c1cc[cH-]c1. The van der Waals surface area contributed by atoms with E-state index >= 15 is 0 Å². The number of hydrogen-bond acceptors (Lipinski definition) is 0. The van der Waals surface area contributed by atoms with Crippen molar-refractivity contribution in [3.63, 3.8) is 0 Å². The summed E-state index contributed by atoms with van der Waals surface area (Å²) >= 11 is 0. The molecule has 3 aromatic carbocycles. The first-order valence-electron chi connectivity index (χ1n) is 9.52. The van der Waals surface area contributed by atoms with Crippen molar-refractivity contribution < 1.29 is 51.0 Å². The van der Waals surface area contributed by atoms with E-state index in [1.807, 2.05) is 30.3 Å². The van der Waals surface area contributed by atoms with Crippen molar-refractivity contribution in [1.29, 1.82) is 0 Å². The van der Waals surface area contributed by atoms with Gasteiger partial charge in [-0.2, -0.15) is 47.1 Å². The molecule has 0 amide bonds. The summed E-state index contributed by atoms with van der Waals surface area (Å²) in [5.74, 6) is 0. The summed E-state index contributed by atoms with van der Waals surface area (Å²) in [6.45, 7) is 14.5. The van der Waals surface area contributed by atoms with Crippen LogP contribution in [-0.4, -0.2) is 16.1 Å². The first-order chi connectivity index (χ1) is 12.2. The predicted molar refractivity (Wildman–Crippen MR) is 122 cm³/mol. The predicted octanol–water partition coefficient (Wildman–Crippen LogP) is -0.441. The van der Waals surface area contributed by atoms with Gasteiger partial charge in [0.25, 0.3) is 0 Å². The Morgan fingerprint density at radius 2 is 1.34 bits per heavy atom. The quantitative estimate of drug-likeness (QED) is 0.241. The van der Waals surface area contributed by atoms with Gasteiger partial charge in [-0.05, 0) is 6.42 Å². The van der Waals surface area contributed by atoms with Crippen molar-refractivity contribution in [2.75, 3.05) is 0 Å². The largest absolute Gasteiger partial charge is 4.00 e. The van der Waals surface area contributed by atoms with Gasteiger partial charge in [-0.1, -0.05) is 73.8 Å². The molecule has 0 nitrogen and oxygen atoms in total. The minimum atomic E-state index is -1.27. The van der Waals surface area contributed by atoms with Gasteiger partial charge in [-0.15, -0.1) is 5.56 Å². The van der Waals surface area contributed by atoms with Crippen LogP contribution in [0.2, 0.25) is 39.3 Å². The van der Waals surface area contributed by atoms with E-state index in [1.165, 1.54) is 27.4 Å². The van der Waals surface area contributed by atoms with E-state index in [2.05, 4.69) is 75.7 Å².